The zero-order valence-electron chi connectivity index (χ0n) is 12.2. The highest BCUT2D eigenvalue weighted by Crippen LogP contribution is 2.09. The first-order valence-electron chi connectivity index (χ1n) is 6.05. The SMILES string of the molecule is CC.CC(C)C.CC(C)C=NSC(C)C. The summed E-state index contributed by atoms with van der Waals surface area (Å²) >= 11 is 1.63. The molecule has 15 heavy (non-hydrogen) atoms. The lowest BCUT2D eigenvalue weighted by Crippen LogP contribution is -1.87. The molecule has 1 nitrogen and oxygen atoms in total. The quantitative estimate of drug-likeness (QED) is 0.466. The molecule has 0 atom stereocenters. The average Bonchev–Trinajstić information content (AvgIpc) is 2.05. The van der Waals surface area contributed by atoms with Gasteiger partial charge in [0.15, 0.2) is 0 Å². The van der Waals surface area contributed by atoms with Crippen molar-refractivity contribution in [2.75, 3.05) is 0 Å². The van der Waals surface area contributed by atoms with E-state index < -0.39 is 0 Å². The summed E-state index contributed by atoms with van der Waals surface area (Å²) in [6.07, 6.45) is 1.98. The fraction of sp³-hybridized carbons (Fsp3) is 0.923. The van der Waals surface area contributed by atoms with E-state index in [2.05, 4.69) is 52.9 Å². The van der Waals surface area contributed by atoms with Crippen molar-refractivity contribution in [3.63, 3.8) is 0 Å². The Bertz CT molecular complexity index is 115. The Morgan fingerprint density at radius 3 is 1.40 bits per heavy atom. The third-order valence-corrected chi connectivity index (χ3v) is 1.30. The molecule has 0 fully saturated rings. The first-order valence-corrected chi connectivity index (χ1v) is 6.89. The van der Waals surface area contributed by atoms with E-state index in [1.54, 1.807) is 11.9 Å². The molecule has 0 amide bonds. The third kappa shape index (κ3) is 55.9. The van der Waals surface area contributed by atoms with E-state index in [1.807, 2.05) is 20.1 Å². The molecule has 0 unspecified atom stereocenters. The molecule has 0 bridgehead atoms. The van der Waals surface area contributed by atoms with Crippen LogP contribution in [0.15, 0.2) is 4.40 Å². The van der Waals surface area contributed by atoms with Crippen LogP contribution in [0.25, 0.3) is 0 Å². The van der Waals surface area contributed by atoms with Gasteiger partial charge in [-0.15, -0.1) is 0 Å². The Morgan fingerprint density at radius 2 is 1.20 bits per heavy atom. The molecule has 0 aliphatic heterocycles. The second-order valence-corrected chi connectivity index (χ2v) is 5.75. The third-order valence-electron chi connectivity index (χ3n) is 0.631. The lowest BCUT2D eigenvalue weighted by Gasteiger charge is -1.96. The van der Waals surface area contributed by atoms with Crippen molar-refractivity contribution in [3.05, 3.63) is 0 Å². The zero-order chi connectivity index (χ0) is 12.9. The van der Waals surface area contributed by atoms with Crippen LogP contribution in [-0.2, 0) is 0 Å². The van der Waals surface area contributed by atoms with Gasteiger partial charge in [-0.2, -0.15) is 0 Å². The molecule has 0 radical (unpaired) electrons. The minimum Gasteiger partial charge on any atom is -0.228 e. The molecule has 0 aliphatic carbocycles. The summed E-state index contributed by atoms with van der Waals surface area (Å²) in [5, 5.41) is 0.611. The van der Waals surface area contributed by atoms with Crippen molar-refractivity contribution in [3.8, 4) is 0 Å². The van der Waals surface area contributed by atoms with Gasteiger partial charge in [-0.1, -0.05) is 62.3 Å². The van der Waals surface area contributed by atoms with E-state index in [-0.39, 0.29) is 0 Å². The number of nitrogens with zero attached hydrogens (tertiary/aromatic N) is 1. The lowest BCUT2D eigenvalue weighted by atomic mass is 10.3. The van der Waals surface area contributed by atoms with Crippen LogP contribution in [0.3, 0.4) is 0 Å². The van der Waals surface area contributed by atoms with E-state index in [9.17, 15) is 0 Å². The minimum absolute atomic E-state index is 0.580. The standard InChI is InChI=1S/C7H15NS.C4H10.C2H6/c1-6(2)5-8-9-7(3)4;1-4(2)3;1-2/h5-7H,1-4H3;4H,1-3H3;1-2H3. The maximum atomic E-state index is 4.16. The molecule has 0 saturated heterocycles. The van der Waals surface area contributed by atoms with Crippen molar-refractivity contribution in [1.82, 2.24) is 0 Å². The number of rotatable bonds is 3. The first kappa shape index (κ1) is 20.4. The predicted molar refractivity (Wildman–Crippen MR) is 77.9 cm³/mol. The van der Waals surface area contributed by atoms with Crippen molar-refractivity contribution < 1.29 is 0 Å². The van der Waals surface area contributed by atoms with Gasteiger partial charge in [-0.25, -0.2) is 4.40 Å². The molecule has 94 valence electrons. The van der Waals surface area contributed by atoms with Gasteiger partial charge >= 0.3 is 0 Å². The van der Waals surface area contributed by atoms with Crippen molar-refractivity contribution >= 4 is 18.2 Å². The highest BCUT2D eigenvalue weighted by molar-refractivity contribution is 7.98. The van der Waals surface area contributed by atoms with Crippen molar-refractivity contribution in [1.29, 1.82) is 0 Å². The maximum absolute atomic E-state index is 4.16. The van der Waals surface area contributed by atoms with Gasteiger partial charge in [0.2, 0.25) is 0 Å². The summed E-state index contributed by atoms with van der Waals surface area (Å²) in [4.78, 5) is 0. The van der Waals surface area contributed by atoms with Gasteiger partial charge in [-0.05, 0) is 23.8 Å². The van der Waals surface area contributed by atoms with E-state index >= 15 is 0 Å². The van der Waals surface area contributed by atoms with E-state index in [0.29, 0.717) is 11.2 Å². The van der Waals surface area contributed by atoms with Gasteiger partial charge in [0.1, 0.15) is 0 Å². The van der Waals surface area contributed by atoms with Crippen LogP contribution in [-0.4, -0.2) is 11.5 Å². The zero-order valence-corrected chi connectivity index (χ0v) is 13.0. The molecule has 0 saturated carbocycles. The monoisotopic (exact) mass is 233 g/mol. The molecule has 0 aromatic rings. The molecule has 0 rings (SSSR count). The topological polar surface area (TPSA) is 12.4 Å². The summed E-state index contributed by atoms with van der Waals surface area (Å²) in [5.41, 5.74) is 0. The Morgan fingerprint density at radius 1 is 0.867 bits per heavy atom. The molecule has 0 N–H and O–H groups in total. The lowest BCUT2D eigenvalue weighted by molar-refractivity contribution is 0.737. The minimum atomic E-state index is 0.580. The van der Waals surface area contributed by atoms with Crippen LogP contribution in [0.5, 0.6) is 0 Å². The number of hydrogen-bond acceptors (Lipinski definition) is 2. The van der Waals surface area contributed by atoms with Gasteiger partial charge in [0.05, 0.1) is 0 Å². The molecule has 0 aliphatic rings. The highest BCUT2D eigenvalue weighted by atomic mass is 32.2. The number of hydrogen-bond donors (Lipinski definition) is 0. The van der Waals surface area contributed by atoms with Crippen molar-refractivity contribution in [2.45, 2.75) is 67.6 Å². The molecular formula is C13H31NS. The molecule has 0 heterocycles. The average molecular weight is 233 g/mol. The van der Waals surface area contributed by atoms with Crippen LogP contribution in [0, 0.1) is 11.8 Å². The Balaban J connectivity index is -0.000000202. The normalized spacial score (nSPS) is 10.1. The Kier molecular flexibility index (Phi) is 22.4. The summed E-state index contributed by atoms with van der Waals surface area (Å²) in [5.74, 6) is 1.41. The summed E-state index contributed by atoms with van der Waals surface area (Å²) in [6, 6.07) is 0. The smallest absolute Gasteiger partial charge is 0.0210 e. The van der Waals surface area contributed by atoms with Gasteiger partial charge in [0, 0.05) is 11.5 Å². The summed E-state index contributed by atoms with van der Waals surface area (Å²) in [6.45, 7) is 19.0. The summed E-state index contributed by atoms with van der Waals surface area (Å²) in [7, 11) is 0. The van der Waals surface area contributed by atoms with Crippen LogP contribution in [0.1, 0.15) is 62.3 Å². The largest absolute Gasteiger partial charge is 0.228 e. The Labute approximate surface area is 102 Å². The van der Waals surface area contributed by atoms with E-state index in [4.69, 9.17) is 0 Å². The second kappa shape index (κ2) is 16.4. The van der Waals surface area contributed by atoms with Gasteiger partial charge in [-0.3, -0.25) is 0 Å². The van der Waals surface area contributed by atoms with Crippen LogP contribution in [0.2, 0.25) is 0 Å². The van der Waals surface area contributed by atoms with E-state index in [0.717, 1.165) is 5.92 Å². The first-order chi connectivity index (χ1) is 6.86. The Hall–Kier alpha value is 0.0200. The van der Waals surface area contributed by atoms with Gasteiger partial charge < -0.3 is 0 Å². The van der Waals surface area contributed by atoms with Crippen LogP contribution >= 0.6 is 11.9 Å². The van der Waals surface area contributed by atoms with Crippen LogP contribution < -0.4 is 0 Å². The highest BCUT2D eigenvalue weighted by Gasteiger charge is 1.89. The predicted octanol–water partition coefficient (Wildman–Crippen LogP) is 5.46. The molecular weight excluding hydrogens is 202 g/mol. The molecule has 0 aromatic carbocycles. The summed E-state index contributed by atoms with van der Waals surface area (Å²) < 4.78 is 4.16. The molecule has 0 aromatic heterocycles. The fourth-order valence-electron chi connectivity index (χ4n) is 0.279. The van der Waals surface area contributed by atoms with E-state index in [1.165, 1.54) is 0 Å². The van der Waals surface area contributed by atoms with Crippen LogP contribution in [0.4, 0.5) is 0 Å². The van der Waals surface area contributed by atoms with Gasteiger partial charge in [0.25, 0.3) is 0 Å². The maximum Gasteiger partial charge on any atom is 0.0210 e. The fourth-order valence-corrected chi connectivity index (χ4v) is 0.836. The molecule has 2 heteroatoms. The second-order valence-electron chi connectivity index (χ2n) is 4.38. The molecule has 0 spiro atoms. The van der Waals surface area contributed by atoms with Crippen molar-refractivity contribution in [2.24, 2.45) is 16.2 Å².